The third kappa shape index (κ3) is 3.44. The van der Waals surface area contributed by atoms with E-state index in [2.05, 4.69) is 5.32 Å². The Morgan fingerprint density at radius 1 is 1.14 bits per heavy atom. The number of nitrogens with zero attached hydrogens (tertiary/aromatic N) is 1. The molecule has 0 saturated carbocycles. The van der Waals surface area contributed by atoms with Gasteiger partial charge in [-0.1, -0.05) is 11.6 Å². The van der Waals surface area contributed by atoms with Gasteiger partial charge in [-0.15, -0.1) is 0 Å². The van der Waals surface area contributed by atoms with E-state index in [4.69, 9.17) is 16.3 Å². The molecule has 0 aliphatic carbocycles. The molecule has 0 spiro atoms. The van der Waals surface area contributed by atoms with Gasteiger partial charge in [0, 0.05) is 29.9 Å². The van der Waals surface area contributed by atoms with Crippen molar-refractivity contribution in [3.8, 4) is 11.5 Å². The van der Waals surface area contributed by atoms with Gasteiger partial charge in [0.15, 0.2) is 0 Å². The van der Waals surface area contributed by atoms with Crippen LogP contribution < -0.4 is 10.1 Å². The van der Waals surface area contributed by atoms with Crippen molar-refractivity contribution in [1.29, 1.82) is 0 Å². The number of nitro benzene ring substituents is 1. The molecule has 0 bridgehead atoms. The number of nitro groups is 1. The van der Waals surface area contributed by atoms with E-state index in [-0.39, 0.29) is 5.69 Å². The Hall–Kier alpha value is -2.27. The number of hydrogen-bond donors (Lipinski definition) is 1. The predicted molar refractivity (Wildman–Crippen MR) is 83.6 cm³/mol. The third-order valence-electron chi connectivity index (χ3n) is 3.04. The fourth-order valence-electron chi connectivity index (χ4n) is 2.07. The molecule has 0 aliphatic heterocycles. The van der Waals surface area contributed by atoms with E-state index < -0.39 is 4.92 Å². The first kappa shape index (κ1) is 15.1. The lowest BCUT2D eigenvalue weighted by Gasteiger charge is -2.13. The number of hydrogen-bond acceptors (Lipinski definition) is 4. The van der Waals surface area contributed by atoms with Crippen LogP contribution in [0.3, 0.4) is 0 Å². The van der Waals surface area contributed by atoms with Crippen molar-refractivity contribution in [3.05, 3.63) is 56.6 Å². The molecule has 5 nitrogen and oxygen atoms in total. The molecule has 0 radical (unpaired) electrons. The van der Waals surface area contributed by atoms with Gasteiger partial charge in [0.05, 0.1) is 11.0 Å². The Morgan fingerprint density at radius 3 is 2.29 bits per heavy atom. The van der Waals surface area contributed by atoms with Crippen LogP contribution in [0.15, 0.2) is 30.3 Å². The second kappa shape index (κ2) is 6.01. The lowest BCUT2D eigenvalue weighted by atomic mass is 10.1. The summed E-state index contributed by atoms with van der Waals surface area (Å²) < 4.78 is 5.83. The van der Waals surface area contributed by atoms with Gasteiger partial charge in [0.25, 0.3) is 5.69 Å². The molecule has 2 aromatic carbocycles. The smallest absolute Gasteiger partial charge is 0.275 e. The second-order valence-electron chi connectivity index (χ2n) is 4.69. The molecule has 0 aliphatic rings. The van der Waals surface area contributed by atoms with Crippen molar-refractivity contribution >= 4 is 23.0 Å². The lowest BCUT2D eigenvalue weighted by molar-refractivity contribution is -0.384. The number of anilines is 1. The van der Waals surface area contributed by atoms with E-state index in [0.29, 0.717) is 22.2 Å². The molecule has 21 heavy (non-hydrogen) atoms. The molecule has 0 saturated heterocycles. The summed E-state index contributed by atoms with van der Waals surface area (Å²) in [4.78, 5) is 10.5. The first-order valence-corrected chi connectivity index (χ1v) is 6.70. The molecule has 2 rings (SSSR count). The van der Waals surface area contributed by atoms with Gasteiger partial charge in [-0.25, -0.2) is 0 Å². The molecule has 0 unspecified atom stereocenters. The summed E-state index contributed by atoms with van der Waals surface area (Å²) in [5.74, 6) is 1.06. The number of halogens is 1. The fourth-order valence-corrected chi connectivity index (χ4v) is 2.40. The summed E-state index contributed by atoms with van der Waals surface area (Å²) >= 11 is 5.98. The molecule has 6 heteroatoms. The molecule has 0 fully saturated rings. The Labute approximate surface area is 127 Å². The fraction of sp³-hybridized carbons (Fsp3) is 0.200. The van der Waals surface area contributed by atoms with Crippen molar-refractivity contribution in [2.24, 2.45) is 0 Å². The maximum absolute atomic E-state index is 11.0. The molecule has 110 valence electrons. The summed E-state index contributed by atoms with van der Waals surface area (Å²) in [6, 6.07) is 8.14. The molecule has 1 N–H and O–H groups in total. The predicted octanol–water partition coefficient (Wildman–Crippen LogP) is 4.70. The summed E-state index contributed by atoms with van der Waals surface area (Å²) in [5, 5.41) is 14.5. The highest BCUT2D eigenvalue weighted by Crippen LogP contribution is 2.34. The number of non-ortho nitro benzene ring substituents is 1. The molecule has 2 aromatic rings. The minimum absolute atomic E-state index is 0.0267. The monoisotopic (exact) mass is 306 g/mol. The normalized spacial score (nSPS) is 10.3. The second-order valence-corrected chi connectivity index (χ2v) is 5.13. The van der Waals surface area contributed by atoms with Crippen LogP contribution in [0.4, 0.5) is 11.4 Å². The van der Waals surface area contributed by atoms with Crippen LogP contribution in [0, 0.1) is 24.0 Å². The van der Waals surface area contributed by atoms with Gasteiger partial charge < -0.3 is 10.1 Å². The van der Waals surface area contributed by atoms with Gasteiger partial charge in [-0.05, 0) is 37.1 Å². The molecule has 0 atom stereocenters. The largest absolute Gasteiger partial charge is 0.456 e. The summed E-state index contributed by atoms with van der Waals surface area (Å²) in [7, 11) is 1.70. The number of nitrogens with one attached hydrogen (secondary N) is 1. The van der Waals surface area contributed by atoms with Crippen molar-refractivity contribution in [1.82, 2.24) is 0 Å². The van der Waals surface area contributed by atoms with Crippen LogP contribution in [-0.4, -0.2) is 12.0 Å². The van der Waals surface area contributed by atoms with Gasteiger partial charge in [0.1, 0.15) is 11.5 Å². The quantitative estimate of drug-likeness (QED) is 0.657. The first-order valence-electron chi connectivity index (χ1n) is 6.32. The van der Waals surface area contributed by atoms with Crippen molar-refractivity contribution in [3.63, 3.8) is 0 Å². The van der Waals surface area contributed by atoms with Gasteiger partial charge in [-0.3, -0.25) is 10.1 Å². The zero-order chi connectivity index (χ0) is 15.6. The van der Waals surface area contributed by atoms with Crippen LogP contribution in [0.1, 0.15) is 11.1 Å². The molecule has 0 heterocycles. The van der Waals surface area contributed by atoms with Gasteiger partial charge in [0.2, 0.25) is 0 Å². The van der Waals surface area contributed by atoms with Crippen LogP contribution >= 0.6 is 11.6 Å². The van der Waals surface area contributed by atoms with E-state index in [1.165, 1.54) is 12.1 Å². The van der Waals surface area contributed by atoms with E-state index in [9.17, 15) is 10.1 Å². The van der Waals surface area contributed by atoms with Crippen LogP contribution in [0.25, 0.3) is 0 Å². The zero-order valence-corrected chi connectivity index (χ0v) is 12.7. The number of ether oxygens (including phenoxy) is 1. The van der Waals surface area contributed by atoms with Crippen LogP contribution in [0.5, 0.6) is 11.5 Å². The average molecular weight is 307 g/mol. The Kier molecular flexibility index (Phi) is 4.33. The molecular formula is C15H15ClN2O3. The van der Waals surface area contributed by atoms with E-state index >= 15 is 0 Å². The maximum Gasteiger partial charge on any atom is 0.275 e. The highest BCUT2D eigenvalue weighted by Gasteiger charge is 2.13. The van der Waals surface area contributed by atoms with Gasteiger partial charge >= 0.3 is 0 Å². The van der Waals surface area contributed by atoms with Crippen LogP contribution in [0.2, 0.25) is 5.02 Å². The minimum atomic E-state index is -0.449. The van der Waals surface area contributed by atoms with E-state index in [0.717, 1.165) is 11.1 Å². The summed E-state index contributed by atoms with van der Waals surface area (Å²) in [6.45, 7) is 3.76. The highest BCUT2D eigenvalue weighted by atomic mass is 35.5. The number of benzene rings is 2. The lowest BCUT2D eigenvalue weighted by Crippen LogP contribution is -1.96. The Morgan fingerprint density at radius 2 is 1.76 bits per heavy atom. The van der Waals surface area contributed by atoms with E-state index in [1.54, 1.807) is 25.2 Å². The van der Waals surface area contributed by atoms with Crippen molar-refractivity contribution < 1.29 is 9.66 Å². The van der Waals surface area contributed by atoms with Crippen molar-refractivity contribution in [2.45, 2.75) is 13.8 Å². The summed E-state index contributed by atoms with van der Waals surface area (Å²) in [6.07, 6.45) is 0. The number of rotatable bonds is 4. The maximum atomic E-state index is 11.0. The SMILES string of the molecule is CNc1cc(Oc2c(C)cc(Cl)cc2C)cc([N+](=O)[O-])c1. The van der Waals surface area contributed by atoms with Gasteiger partial charge in [-0.2, -0.15) is 0 Å². The van der Waals surface area contributed by atoms with Crippen molar-refractivity contribution in [2.75, 3.05) is 12.4 Å². The summed E-state index contributed by atoms with van der Waals surface area (Å²) in [5.41, 5.74) is 2.33. The highest BCUT2D eigenvalue weighted by molar-refractivity contribution is 6.30. The topological polar surface area (TPSA) is 64.4 Å². The third-order valence-corrected chi connectivity index (χ3v) is 3.25. The number of aryl methyl sites for hydroxylation is 2. The molecule has 0 amide bonds. The average Bonchev–Trinajstić information content (AvgIpc) is 2.42. The molecule has 0 aromatic heterocycles. The van der Waals surface area contributed by atoms with E-state index in [1.807, 2.05) is 13.8 Å². The zero-order valence-electron chi connectivity index (χ0n) is 11.9. The standard InChI is InChI=1S/C15H15ClN2O3/c1-9-4-11(16)5-10(2)15(9)21-14-7-12(17-3)6-13(8-14)18(19)20/h4-8,17H,1-3H3. The Bertz CT molecular complexity index is 678. The molecular weight excluding hydrogens is 292 g/mol. The Balaban J connectivity index is 2.44. The van der Waals surface area contributed by atoms with Crippen LogP contribution in [-0.2, 0) is 0 Å². The first-order chi connectivity index (χ1) is 9.90. The minimum Gasteiger partial charge on any atom is -0.456 e.